The van der Waals surface area contributed by atoms with E-state index in [1.807, 2.05) is 6.92 Å². The Bertz CT molecular complexity index is 797. The maximum atomic E-state index is 12.3. The summed E-state index contributed by atoms with van der Waals surface area (Å²) in [6, 6.07) is 8.19. The fraction of sp³-hybridized carbons (Fsp3) is 0.421. The third-order valence-corrected chi connectivity index (χ3v) is 3.95. The van der Waals surface area contributed by atoms with Gasteiger partial charge in [0.15, 0.2) is 6.61 Å². The molecular weight excluding hydrogens is 320 g/mol. The summed E-state index contributed by atoms with van der Waals surface area (Å²) in [4.78, 5) is 38.5. The molecule has 1 aromatic carbocycles. The number of rotatable bonds is 8. The first-order chi connectivity index (χ1) is 12.0. The van der Waals surface area contributed by atoms with Crippen LogP contribution in [-0.4, -0.2) is 29.5 Å². The first kappa shape index (κ1) is 18.7. The van der Waals surface area contributed by atoms with Crippen molar-refractivity contribution in [3.8, 4) is 0 Å². The van der Waals surface area contributed by atoms with Crippen LogP contribution in [0.25, 0.3) is 10.9 Å². The van der Waals surface area contributed by atoms with Crippen molar-refractivity contribution in [2.75, 3.05) is 6.61 Å². The maximum Gasteiger partial charge on any atom is 0.339 e. The second kappa shape index (κ2) is 9.01. The van der Waals surface area contributed by atoms with E-state index in [2.05, 4.69) is 17.2 Å². The number of H-pyrrole nitrogens is 1. The van der Waals surface area contributed by atoms with Crippen molar-refractivity contribution in [3.05, 3.63) is 46.2 Å². The van der Waals surface area contributed by atoms with Gasteiger partial charge in [0.05, 0.1) is 5.56 Å². The second-order valence-corrected chi connectivity index (χ2v) is 6.13. The van der Waals surface area contributed by atoms with Crippen LogP contribution < -0.4 is 10.9 Å². The lowest BCUT2D eigenvalue weighted by Crippen LogP contribution is -2.35. The Morgan fingerprint density at radius 2 is 2.00 bits per heavy atom. The molecule has 25 heavy (non-hydrogen) atoms. The third-order valence-electron chi connectivity index (χ3n) is 3.95. The zero-order valence-electron chi connectivity index (χ0n) is 14.6. The summed E-state index contributed by atoms with van der Waals surface area (Å²) >= 11 is 0. The van der Waals surface area contributed by atoms with E-state index in [9.17, 15) is 14.4 Å². The molecule has 0 spiro atoms. The molecule has 0 saturated carbocycles. The molecule has 6 nitrogen and oxygen atoms in total. The number of nitrogens with one attached hydrogen (secondary N) is 2. The normalized spacial score (nSPS) is 11.9. The molecule has 1 aromatic heterocycles. The number of pyridine rings is 1. The molecule has 0 aliphatic carbocycles. The van der Waals surface area contributed by atoms with E-state index in [-0.39, 0.29) is 29.7 Å². The highest BCUT2D eigenvalue weighted by Gasteiger charge is 2.15. The third kappa shape index (κ3) is 5.45. The Balaban J connectivity index is 1.94. The molecule has 0 fully saturated rings. The number of hydrogen-bond donors (Lipinski definition) is 2. The Kier molecular flexibility index (Phi) is 6.74. The van der Waals surface area contributed by atoms with E-state index in [1.54, 1.807) is 24.3 Å². The van der Waals surface area contributed by atoms with Gasteiger partial charge in [-0.15, -0.1) is 0 Å². The van der Waals surface area contributed by atoms with Crippen molar-refractivity contribution >= 4 is 22.8 Å². The van der Waals surface area contributed by atoms with E-state index >= 15 is 0 Å². The molecule has 1 heterocycles. The Hall–Kier alpha value is -2.63. The summed E-state index contributed by atoms with van der Waals surface area (Å²) in [5.41, 5.74) is 0.318. The van der Waals surface area contributed by atoms with Crippen molar-refractivity contribution in [1.29, 1.82) is 0 Å². The lowest BCUT2D eigenvalue weighted by molar-refractivity contribution is -0.124. The van der Waals surface area contributed by atoms with E-state index in [0.29, 0.717) is 10.9 Å². The lowest BCUT2D eigenvalue weighted by atomic mass is 10.1. The Morgan fingerprint density at radius 1 is 1.24 bits per heavy atom. The number of aromatic amines is 1. The molecule has 0 saturated heterocycles. The lowest BCUT2D eigenvalue weighted by Gasteiger charge is -2.14. The molecule has 0 radical (unpaired) electrons. The number of amides is 1. The Labute approximate surface area is 146 Å². The van der Waals surface area contributed by atoms with Crippen LogP contribution >= 0.6 is 0 Å². The zero-order valence-corrected chi connectivity index (χ0v) is 14.6. The van der Waals surface area contributed by atoms with Crippen molar-refractivity contribution in [2.24, 2.45) is 0 Å². The summed E-state index contributed by atoms with van der Waals surface area (Å²) in [7, 11) is 0. The van der Waals surface area contributed by atoms with Crippen LogP contribution in [0.5, 0.6) is 0 Å². The van der Waals surface area contributed by atoms with E-state index in [4.69, 9.17) is 4.74 Å². The van der Waals surface area contributed by atoms with E-state index in [0.717, 1.165) is 25.7 Å². The average Bonchev–Trinajstić information content (AvgIpc) is 2.59. The highest BCUT2D eigenvalue weighted by atomic mass is 16.5. The van der Waals surface area contributed by atoms with E-state index in [1.165, 1.54) is 6.07 Å². The molecular formula is C19H24N2O4. The minimum absolute atomic E-state index is 0.0400. The molecule has 2 rings (SSSR count). The highest BCUT2D eigenvalue weighted by molar-refractivity contribution is 6.03. The van der Waals surface area contributed by atoms with Crippen LogP contribution in [0.15, 0.2) is 35.1 Å². The molecule has 0 aliphatic heterocycles. The van der Waals surface area contributed by atoms with Gasteiger partial charge in [-0.2, -0.15) is 0 Å². The van der Waals surface area contributed by atoms with Crippen molar-refractivity contribution < 1.29 is 14.3 Å². The van der Waals surface area contributed by atoms with Crippen molar-refractivity contribution in [1.82, 2.24) is 10.3 Å². The number of fused-ring (bicyclic) bond motifs is 1. The summed E-state index contributed by atoms with van der Waals surface area (Å²) in [6.45, 7) is 3.69. The number of carbonyl (C=O) groups excluding carboxylic acids is 2. The number of unbranched alkanes of at least 4 members (excludes halogenated alkanes) is 2. The van der Waals surface area contributed by atoms with Gasteiger partial charge in [0, 0.05) is 23.0 Å². The molecule has 0 aliphatic rings. The predicted octanol–water partition coefficient (Wildman–Crippen LogP) is 2.77. The Morgan fingerprint density at radius 3 is 2.76 bits per heavy atom. The number of ether oxygens (including phenoxy) is 1. The molecule has 0 unspecified atom stereocenters. The molecule has 0 bridgehead atoms. The van der Waals surface area contributed by atoms with Gasteiger partial charge in [0.1, 0.15) is 0 Å². The number of carbonyl (C=O) groups is 2. The standard InChI is InChI=1S/C19H24N2O4/c1-3-4-5-8-13(2)20-18(23)12-25-19(24)15-11-17(22)21-16-10-7-6-9-14(15)16/h6-7,9-11,13H,3-5,8,12H2,1-2H3,(H,20,23)(H,21,22)/t13-/m1/s1. The van der Waals surface area contributed by atoms with Gasteiger partial charge >= 0.3 is 5.97 Å². The highest BCUT2D eigenvalue weighted by Crippen LogP contribution is 2.15. The van der Waals surface area contributed by atoms with Crippen LogP contribution in [-0.2, 0) is 9.53 Å². The summed E-state index contributed by atoms with van der Waals surface area (Å²) in [6.07, 6.45) is 4.20. The number of esters is 1. The second-order valence-electron chi connectivity index (χ2n) is 6.13. The topological polar surface area (TPSA) is 88.3 Å². The minimum Gasteiger partial charge on any atom is -0.452 e. The van der Waals surface area contributed by atoms with Gasteiger partial charge in [-0.3, -0.25) is 9.59 Å². The fourth-order valence-corrected chi connectivity index (χ4v) is 2.67. The maximum absolute atomic E-state index is 12.3. The number of aromatic nitrogens is 1. The number of hydrogen-bond acceptors (Lipinski definition) is 4. The first-order valence-electron chi connectivity index (χ1n) is 8.59. The molecule has 2 aromatic rings. The summed E-state index contributed by atoms with van der Waals surface area (Å²) in [5, 5.41) is 3.39. The smallest absolute Gasteiger partial charge is 0.339 e. The van der Waals surface area contributed by atoms with Crippen LogP contribution in [0, 0.1) is 0 Å². The first-order valence-corrected chi connectivity index (χ1v) is 8.59. The molecule has 134 valence electrons. The van der Waals surface area contributed by atoms with Crippen LogP contribution in [0.1, 0.15) is 49.9 Å². The predicted molar refractivity (Wildman–Crippen MR) is 96.6 cm³/mol. The summed E-state index contributed by atoms with van der Waals surface area (Å²) < 4.78 is 5.08. The van der Waals surface area contributed by atoms with Gasteiger partial charge < -0.3 is 15.0 Å². The van der Waals surface area contributed by atoms with Gasteiger partial charge in [-0.25, -0.2) is 4.79 Å². The monoisotopic (exact) mass is 344 g/mol. The van der Waals surface area contributed by atoms with Gasteiger partial charge in [-0.05, 0) is 19.4 Å². The van der Waals surface area contributed by atoms with Gasteiger partial charge in [0.2, 0.25) is 5.56 Å². The van der Waals surface area contributed by atoms with Crippen LogP contribution in [0.2, 0.25) is 0 Å². The molecule has 2 N–H and O–H groups in total. The SMILES string of the molecule is CCCCC[C@@H](C)NC(=O)COC(=O)c1cc(=O)[nH]c2ccccc12. The average molecular weight is 344 g/mol. The summed E-state index contributed by atoms with van der Waals surface area (Å²) in [5.74, 6) is -1.03. The molecule has 1 amide bonds. The molecule has 1 atom stereocenters. The number of para-hydroxylation sites is 1. The van der Waals surface area contributed by atoms with E-state index < -0.39 is 5.97 Å². The fourth-order valence-electron chi connectivity index (χ4n) is 2.67. The largest absolute Gasteiger partial charge is 0.452 e. The molecule has 6 heteroatoms. The number of benzene rings is 1. The minimum atomic E-state index is -0.684. The van der Waals surface area contributed by atoms with Crippen LogP contribution in [0.3, 0.4) is 0 Å². The zero-order chi connectivity index (χ0) is 18.2. The quantitative estimate of drug-likeness (QED) is 0.569. The van der Waals surface area contributed by atoms with Crippen LogP contribution in [0.4, 0.5) is 0 Å². The van der Waals surface area contributed by atoms with Crippen molar-refractivity contribution in [3.63, 3.8) is 0 Å². The van der Waals surface area contributed by atoms with Gasteiger partial charge in [0.25, 0.3) is 5.91 Å². The van der Waals surface area contributed by atoms with Crippen molar-refractivity contribution in [2.45, 2.75) is 45.6 Å². The van der Waals surface area contributed by atoms with Gasteiger partial charge in [-0.1, -0.05) is 44.4 Å².